The molecule has 0 radical (unpaired) electrons. The first-order chi connectivity index (χ1) is 17.0. The molecular formula is C28H24N6O. The first kappa shape index (κ1) is 22.3. The molecule has 4 aromatic heterocycles. The van der Waals surface area contributed by atoms with Crippen molar-refractivity contribution in [3.63, 3.8) is 0 Å². The number of nitrogens with one attached hydrogen (secondary N) is 2. The summed E-state index contributed by atoms with van der Waals surface area (Å²) in [5.74, 6) is 6.82. The average Bonchev–Trinajstić information content (AvgIpc) is 3.22. The number of hydrogen-bond donors (Lipinski definition) is 2. The van der Waals surface area contributed by atoms with Gasteiger partial charge in [0.25, 0.3) is 0 Å². The number of benzene rings is 1. The second kappa shape index (κ2) is 9.37. The van der Waals surface area contributed by atoms with Gasteiger partial charge in [-0.15, -0.1) is 0 Å². The third-order valence-corrected chi connectivity index (χ3v) is 5.89. The quantitative estimate of drug-likeness (QED) is 0.393. The minimum atomic E-state index is -0.352. The van der Waals surface area contributed by atoms with Crippen LogP contribution in [0, 0.1) is 18.8 Å². The maximum atomic E-state index is 12.5. The number of imidazole rings is 1. The zero-order chi connectivity index (χ0) is 24.4. The Bertz CT molecular complexity index is 1620. The Morgan fingerprint density at radius 3 is 2.74 bits per heavy atom. The van der Waals surface area contributed by atoms with Gasteiger partial charge in [-0.3, -0.25) is 14.2 Å². The van der Waals surface area contributed by atoms with Gasteiger partial charge in [-0.1, -0.05) is 24.1 Å². The first-order valence-corrected chi connectivity index (χ1v) is 11.3. The molecule has 5 aromatic rings. The highest BCUT2D eigenvalue weighted by Crippen LogP contribution is 2.28. The smallest absolute Gasteiger partial charge is 0.242 e. The number of carbonyl (C=O) groups is 1. The van der Waals surface area contributed by atoms with E-state index in [1.807, 2.05) is 72.1 Å². The van der Waals surface area contributed by atoms with Crippen molar-refractivity contribution in [3.05, 3.63) is 90.0 Å². The molecule has 2 N–H and O–H groups in total. The number of rotatable bonds is 4. The molecule has 0 fully saturated rings. The molecule has 1 aromatic carbocycles. The summed E-state index contributed by atoms with van der Waals surface area (Å²) in [5, 5.41) is 6.79. The highest BCUT2D eigenvalue weighted by atomic mass is 16.2. The lowest BCUT2D eigenvalue weighted by molar-refractivity contribution is -0.117. The van der Waals surface area contributed by atoms with Gasteiger partial charge in [0, 0.05) is 28.9 Å². The molecule has 5 rings (SSSR count). The summed E-state index contributed by atoms with van der Waals surface area (Å²) in [4.78, 5) is 26.3. The SMILES string of the molecule is CN[C@@H](C)C(=O)Nc1ccc(-c2c(C)nc3ccccn23)c(C#Cc2cccc3ncccc23)n1. The van der Waals surface area contributed by atoms with Crippen molar-refractivity contribution < 1.29 is 4.79 Å². The van der Waals surface area contributed by atoms with Gasteiger partial charge in [-0.2, -0.15) is 0 Å². The molecule has 0 saturated heterocycles. The molecule has 7 nitrogen and oxygen atoms in total. The Balaban J connectivity index is 1.66. The molecule has 0 aliphatic carbocycles. The van der Waals surface area contributed by atoms with Crippen LogP contribution in [0.5, 0.6) is 0 Å². The van der Waals surface area contributed by atoms with Crippen LogP contribution in [0.2, 0.25) is 0 Å². The molecule has 35 heavy (non-hydrogen) atoms. The molecule has 0 aliphatic rings. The van der Waals surface area contributed by atoms with E-state index >= 15 is 0 Å². The number of aryl methyl sites for hydroxylation is 1. The van der Waals surface area contributed by atoms with Gasteiger partial charge >= 0.3 is 0 Å². The number of amides is 1. The normalized spacial score (nSPS) is 11.7. The molecule has 7 heteroatoms. The van der Waals surface area contributed by atoms with E-state index < -0.39 is 0 Å². The van der Waals surface area contributed by atoms with E-state index in [1.54, 1.807) is 26.2 Å². The van der Waals surface area contributed by atoms with Gasteiger partial charge in [-0.05, 0) is 69.3 Å². The Labute approximate surface area is 203 Å². The van der Waals surface area contributed by atoms with Gasteiger partial charge in [0.05, 0.1) is 22.9 Å². The van der Waals surface area contributed by atoms with Crippen LogP contribution in [-0.4, -0.2) is 38.3 Å². The minimum Gasteiger partial charge on any atom is -0.309 e. The predicted molar refractivity (Wildman–Crippen MR) is 138 cm³/mol. The third-order valence-electron chi connectivity index (χ3n) is 5.89. The van der Waals surface area contributed by atoms with E-state index in [0.29, 0.717) is 11.5 Å². The molecule has 0 spiro atoms. The van der Waals surface area contributed by atoms with Crippen LogP contribution in [0.1, 0.15) is 23.9 Å². The van der Waals surface area contributed by atoms with Gasteiger partial charge in [0.2, 0.25) is 5.91 Å². The number of anilines is 1. The summed E-state index contributed by atoms with van der Waals surface area (Å²) in [5.41, 5.74) is 5.76. The predicted octanol–water partition coefficient (Wildman–Crippen LogP) is 4.20. The minimum absolute atomic E-state index is 0.169. The second-order valence-corrected chi connectivity index (χ2v) is 8.19. The highest BCUT2D eigenvalue weighted by Gasteiger charge is 2.17. The first-order valence-electron chi connectivity index (χ1n) is 11.3. The van der Waals surface area contributed by atoms with Crippen molar-refractivity contribution >= 4 is 28.3 Å². The lowest BCUT2D eigenvalue weighted by Crippen LogP contribution is -2.35. The lowest BCUT2D eigenvalue weighted by Gasteiger charge is -2.12. The van der Waals surface area contributed by atoms with Crippen LogP contribution in [0.15, 0.2) is 73.1 Å². The Kier molecular flexibility index (Phi) is 5.96. The van der Waals surface area contributed by atoms with Crippen molar-refractivity contribution in [1.82, 2.24) is 24.7 Å². The maximum Gasteiger partial charge on any atom is 0.242 e. The third kappa shape index (κ3) is 4.35. The summed E-state index contributed by atoms with van der Waals surface area (Å²) < 4.78 is 2.03. The molecule has 0 bridgehead atoms. The molecule has 1 atom stereocenters. The van der Waals surface area contributed by atoms with Crippen LogP contribution in [0.3, 0.4) is 0 Å². The van der Waals surface area contributed by atoms with E-state index in [9.17, 15) is 4.79 Å². The van der Waals surface area contributed by atoms with E-state index in [4.69, 9.17) is 9.97 Å². The summed E-state index contributed by atoms with van der Waals surface area (Å²) in [6.07, 6.45) is 3.74. The topological polar surface area (TPSA) is 84.2 Å². The molecule has 0 unspecified atom stereocenters. The van der Waals surface area contributed by atoms with Gasteiger partial charge in [0.1, 0.15) is 17.2 Å². The van der Waals surface area contributed by atoms with Crippen molar-refractivity contribution in [3.8, 4) is 23.1 Å². The zero-order valence-corrected chi connectivity index (χ0v) is 19.7. The number of aromatic nitrogens is 4. The number of nitrogens with zero attached hydrogens (tertiary/aromatic N) is 4. The van der Waals surface area contributed by atoms with Crippen LogP contribution < -0.4 is 10.6 Å². The highest BCUT2D eigenvalue weighted by molar-refractivity contribution is 5.94. The average molecular weight is 461 g/mol. The van der Waals surface area contributed by atoms with Crippen molar-refractivity contribution in [2.24, 2.45) is 0 Å². The van der Waals surface area contributed by atoms with Gasteiger partial charge in [0.15, 0.2) is 0 Å². The second-order valence-electron chi connectivity index (χ2n) is 8.19. The molecule has 172 valence electrons. The van der Waals surface area contributed by atoms with Gasteiger partial charge < -0.3 is 10.6 Å². The van der Waals surface area contributed by atoms with Crippen molar-refractivity contribution in [1.29, 1.82) is 0 Å². The largest absolute Gasteiger partial charge is 0.309 e. The fourth-order valence-corrected chi connectivity index (χ4v) is 3.96. The summed E-state index contributed by atoms with van der Waals surface area (Å²) in [7, 11) is 1.74. The summed E-state index contributed by atoms with van der Waals surface area (Å²) in [6.45, 7) is 3.76. The zero-order valence-electron chi connectivity index (χ0n) is 19.7. The monoisotopic (exact) mass is 460 g/mol. The fraction of sp³-hybridized carbons (Fsp3) is 0.143. The van der Waals surface area contributed by atoms with Crippen molar-refractivity contribution in [2.45, 2.75) is 19.9 Å². The number of fused-ring (bicyclic) bond motifs is 2. The molecular weight excluding hydrogens is 436 g/mol. The molecule has 0 saturated carbocycles. The molecule has 0 aliphatic heterocycles. The van der Waals surface area contributed by atoms with E-state index in [2.05, 4.69) is 27.5 Å². The maximum absolute atomic E-state index is 12.5. The summed E-state index contributed by atoms with van der Waals surface area (Å²) >= 11 is 0. The van der Waals surface area contributed by atoms with Crippen molar-refractivity contribution in [2.75, 3.05) is 12.4 Å². The fourth-order valence-electron chi connectivity index (χ4n) is 3.96. The number of likely N-dealkylation sites (N-methyl/N-ethyl adjacent to an activating group) is 1. The molecule has 1 amide bonds. The number of hydrogen-bond acceptors (Lipinski definition) is 5. The van der Waals surface area contributed by atoms with Crippen LogP contribution in [-0.2, 0) is 4.79 Å². The Morgan fingerprint density at radius 2 is 1.89 bits per heavy atom. The molecule has 4 heterocycles. The van der Waals surface area contributed by atoms with Gasteiger partial charge in [-0.25, -0.2) is 9.97 Å². The number of carbonyl (C=O) groups excluding carboxylic acids is 1. The van der Waals surface area contributed by atoms with Crippen LogP contribution in [0.4, 0.5) is 5.82 Å². The van der Waals surface area contributed by atoms with Crippen LogP contribution in [0.25, 0.3) is 27.8 Å². The van der Waals surface area contributed by atoms with E-state index in [1.165, 1.54) is 0 Å². The standard InChI is InChI=1S/C28H24N6O/c1-18-27(34-17-5-4-11-26(34)31-18)22-13-15-25(33-28(35)19(2)29-3)32-24(22)14-12-20-8-6-10-23-21(20)9-7-16-30-23/h4-11,13,15-17,19,29H,1-3H3,(H,32,33,35)/t19-/m0/s1. The van der Waals surface area contributed by atoms with E-state index in [-0.39, 0.29) is 11.9 Å². The Morgan fingerprint density at radius 1 is 1.00 bits per heavy atom. The van der Waals surface area contributed by atoms with E-state index in [0.717, 1.165) is 39.1 Å². The lowest BCUT2D eigenvalue weighted by atomic mass is 10.1. The van der Waals surface area contributed by atoms with Crippen LogP contribution >= 0.6 is 0 Å². The Hall–Kier alpha value is -4.54. The number of pyridine rings is 3. The summed E-state index contributed by atoms with van der Waals surface area (Å²) in [6, 6.07) is 19.0.